The van der Waals surface area contributed by atoms with Crippen molar-refractivity contribution in [1.82, 2.24) is 9.97 Å². The third kappa shape index (κ3) is 3.67. The number of amides is 1. The van der Waals surface area contributed by atoms with Gasteiger partial charge in [0.1, 0.15) is 5.82 Å². The third-order valence-corrected chi connectivity index (χ3v) is 4.90. The second-order valence-corrected chi connectivity index (χ2v) is 6.96. The van der Waals surface area contributed by atoms with E-state index in [9.17, 15) is 14.0 Å². The van der Waals surface area contributed by atoms with Crippen LogP contribution in [0.3, 0.4) is 0 Å². The average molecular weight is 375 g/mol. The normalized spacial score (nSPS) is 15.8. The molecule has 1 N–H and O–H groups in total. The first-order valence-corrected chi connectivity index (χ1v) is 9.02. The number of aromatic nitrogens is 2. The van der Waals surface area contributed by atoms with Crippen molar-refractivity contribution in [1.29, 1.82) is 0 Å². The molecule has 0 spiro atoms. The summed E-state index contributed by atoms with van der Waals surface area (Å²) < 4.78 is 13.3. The maximum atomic E-state index is 13.3. The van der Waals surface area contributed by atoms with Gasteiger partial charge in [-0.1, -0.05) is 35.9 Å². The number of halogens is 1. The minimum Gasteiger partial charge on any atom is -0.294 e. The molecule has 140 valence electrons. The van der Waals surface area contributed by atoms with Crippen molar-refractivity contribution in [2.45, 2.75) is 25.7 Å². The number of nitrogens with zero attached hydrogens (tertiary/aromatic N) is 2. The maximum absolute atomic E-state index is 13.3. The third-order valence-electron chi connectivity index (χ3n) is 4.90. The van der Waals surface area contributed by atoms with Crippen molar-refractivity contribution in [3.63, 3.8) is 0 Å². The lowest BCUT2D eigenvalue weighted by atomic mass is 9.82. The summed E-state index contributed by atoms with van der Waals surface area (Å²) in [6, 6.07) is 13.5. The highest BCUT2D eigenvalue weighted by Gasteiger charge is 2.28. The number of hydrogen-bond acceptors (Lipinski definition) is 4. The summed E-state index contributed by atoms with van der Waals surface area (Å²) in [6.45, 7) is 2.02. The lowest BCUT2D eigenvalue weighted by molar-refractivity contribution is 0.0962. The number of hydrogen-bond donors (Lipinski definition) is 1. The number of rotatable bonds is 3. The molecule has 1 atom stereocenters. The van der Waals surface area contributed by atoms with Gasteiger partial charge >= 0.3 is 0 Å². The van der Waals surface area contributed by atoms with Crippen molar-refractivity contribution < 1.29 is 14.0 Å². The largest absolute Gasteiger partial charge is 0.294 e. The highest BCUT2D eigenvalue weighted by molar-refractivity contribution is 6.03. The Balaban J connectivity index is 1.57. The summed E-state index contributed by atoms with van der Waals surface area (Å²) >= 11 is 0. The standard InChI is InChI=1S/C22H18FN3O2/c1-13-5-7-14(8-6-13)16-10-19-18(20(27)11-16)12-24-22(25-19)26-21(28)15-3-2-4-17(23)9-15/h2-9,12,16H,10-11H2,1H3,(H,24,25,26,28)/t16-/m1/s1. The van der Waals surface area contributed by atoms with Crippen molar-refractivity contribution in [2.75, 3.05) is 5.32 Å². The fraction of sp³-hybridized carbons (Fsp3) is 0.182. The molecule has 0 bridgehead atoms. The molecular formula is C22H18FN3O2. The number of nitrogens with one attached hydrogen (secondary N) is 1. The van der Waals surface area contributed by atoms with Crippen LogP contribution in [0.25, 0.3) is 0 Å². The van der Waals surface area contributed by atoms with Crippen LogP contribution in [0.5, 0.6) is 0 Å². The number of ketones is 1. The van der Waals surface area contributed by atoms with Gasteiger partial charge in [0.25, 0.3) is 5.91 Å². The Morgan fingerprint density at radius 1 is 1.14 bits per heavy atom. The Hall–Kier alpha value is -3.41. The molecule has 2 aromatic carbocycles. The predicted molar refractivity (Wildman–Crippen MR) is 103 cm³/mol. The van der Waals surface area contributed by atoms with Gasteiger partial charge in [0.05, 0.1) is 11.3 Å². The number of benzene rings is 2. The van der Waals surface area contributed by atoms with E-state index in [1.807, 2.05) is 31.2 Å². The molecule has 0 fully saturated rings. The van der Waals surface area contributed by atoms with Gasteiger partial charge in [-0.2, -0.15) is 0 Å². The van der Waals surface area contributed by atoms with Crippen molar-refractivity contribution in [2.24, 2.45) is 0 Å². The van der Waals surface area contributed by atoms with Crippen molar-refractivity contribution in [3.8, 4) is 0 Å². The van der Waals surface area contributed by atoms with Crippen LogP contribution < -0.4 is 5.32 Å². The Morgan fingerprint density at radius 2 is 1.93 bits per heavy atom. The van der Waals surface area contributed by atoms with Crippen LogP contribution in [0.4, 0.5) is 10.3 Å². The molecule has 28 heavy (non-hydrogen) atoms. The van der Waals surface area contributed by atoms with Crippen LogP contribution in [0.2, 0.25) is 0 Å². The van der Waals surface area contributed by atoms with E-state index in [-0.39, 0.29) is 23.2 Å². The van der Waals surface area contributed by atoms with Gasteiger partial charge < -0.3 is 0 Å². The second kappa shape index (κ2) is 7.31. The molecular weight excluding hydrogens is 357 g/mol. The Labute approximate surface area is 161 Å². The molecule has 4 rings (SSSR count). The first-order valence-electron chi connectivity index (χ1n) is 9.02. The molecule has 3 aromatic rings. The topological polar surface area (TPSA) is 72.0 Å². The van der Waals surface area contributed by atoms with E-state index in [0.29, 0.717) is 24.1 Å². The monoisotopic (exact) mass is 375 g/mol. The summed E-state index contributed by atoms with van der Waals surface area (Å²) in [5.74, 6) is -0.857. The van der Waals surface area contributed by atoms with E-state index in [1.54, 1.807) is 0 Å². The zero-order chi connectivity index (χ0) is 19.7. The minimum atomic E-state index is -0.503. The van der Waals surface area contributed by atoms with E-state index in [0.717, 1.165) is 17.2 Å². The molecule has 0 aliphatic heterocycles. The minimum absolute atomic E-state index is 0.00479. The average Bonchev–Trinajstić information content (AvgIpc) is 2.68. The van der Waals surface area contributed by atoms with Gasteiger partial charge in [0.2, 0.25) is 5.95 Å². The van der Waals surface area contributed by atoms with E-state index in [2.05, 4.69) is 15.3 Å². The number of carbonyl (C=O) groups is 2. The molecule has 0 saturated heterocycles. The molecule has 0 radical (unpaired) electrons. The van der Waals surface area contributed by atoms with Crippen LogP contribution in [0.15, 0.2) is 54.7 Å². The predicted octanol–water partition coefficient (Wildman–Crippen LogP) is 4.09. The number of carbonyl (C=O) groups excluding carboxylic acids is 2. The molecule has 0 saturated carbocycles. The van der Waals surface area contributed by atoms with E-state index >= 15 is 0 Å². The lowest BCUT2D eigenvalue weighted by Crippen LogP contribution is -2.22. The maximum Gasteiger partial charge on any atom is 0.258 e. The Morgan fingerprint density at radius 3 is 2.68 bits per heavy atom. The fourth-order valence-corrected chi connectivity index (χ4v) is 3.38. The zero-order valence-electron chi connectivity index (χ0n) is 15.3. The summed E-state index contributed by atoms with van der Waals surface area (Å²) in [4.78, 5) is 33.3. The van der Waals surface area contributed by atoms with Crippen molar-refractivity contribution in [3.05, 3.63) is 88.5 Å². The molecule has 1 aliphatic rings. The van der Waals surface area contributed by atoms with Gasteiger partial charge in [-0.3, -0.25) is 14.9 Å². The first kappa shape index (κ1) is 18.0. The van der Waals surface area contributed by atoms with Crippen LogP contribution in [0, 0.1) is 12.7 Å². The smallest absolute Gasteiger partial charge is 0.258 e. The van der Waals surface area contributed by atoms with Gasteiger partial charge in [0, 0.05) is 18.2 Å². The molecule has 1 aromatic heterocycles. The number of anilines is 1. The quantitative estimate of drug-likeness (QED) is 0.748. The summed E-state index contributed by atoms with van der Waals surface area (Å²) in [5.41, 5.74) is 3.54. The summed E-state index contributed by atoms with van der Waals surface area (Å²) in [7, 11) is 0. The van der Waals surface area contributed by atoms with Crippen LogP contribution in [-0.4, -0.2) is 21.7 Å². The first-order chi connectivity index (χ1) is 13.5. The van der Waals surface area contributed by atoms with Crippen LogP contribution in [0.1, 0.15) is 49.9 Å². The molecule has 1 heterocycles. The van der Waals surface area contributed by atoms with E-state index in [4.69, 9.17) is 0 Å². The highest BCUT2D eigenvalue weighted by Crippen LogP contribution is 2.32. The number of fused-ring (bicyclic) bond motifs is 1. The van der Waals surface area contributed by atoms with Gasteiger partial charge in [0.15, 0.2) is 5.78 Å². The molecule has 5 nitrogen and oxygen atoms in total. The van der Waals surface area contributed by atoms with Gasteiger partial charge in [-0.05, 0) is 43.0 Å². The van der Waals surface area contributed by atoms with Crippen LogP contribution in [-0.2, 0) is 6.42 Å². The fourth-order valence-electron chi connectivity index (χ4n) is 3.38. The lowest BCUT2D eigenvalue weighted by Gasteiger charge is -2.23. The molecule has 1 aliphatic carbocycles. The summed E-state index contributed by atoms with van der Waals surface area (Å²) in [5, 5.41) is 2.57. The zero-order valence-corrected chi connectivity index (χ0v) is 15.3. The van der Waals surface area contributed by atoms with Gasteiger partial charge in [-0.15, -0.1) is 0 Å². The SMILES string of the molecule is Cc1ccc([C@H]2CC(=O)c3cnc(NC(=O)c4cccc(F)c4)nc3C2)cc1. The van der Waals surface area contributed by atoms with Crippen molar-refractivity contribution >= 4 is 17.6 Å². The number of aryl methyl sites for hydroxylation is 1. The Bertz CT molecular complexity index is 1060. The van der Waals surface area contributed by atoms with E-state index < -0.39 is 11.7 Å². The Kier molecular flexibility index (Phi) is 4.69. The summed E-state index contributed by atoms with van der Waals surface area (Å²) in [6.07, 6.45) is 2.46. The molecule has 0 unspecified atom stereocenters. The second-order valence-electron chi connectivity index (χ2n) is 6.96. The number of Topliss-reactive ketones (excluding diaryl/α,β-unsaturated/α-hetero) is 1. The van der Waals surface area contributed by atoms with E-state index in [1.165, 1.54) is 24.4 Å². The van der Waals surface area contributed by atoms with Crippen LogP contribution >= 0.6 is 0 Å². The molecule has 1 amide bonds. The van der Waals surface area contributed by atoms with Gasteiger partial charge in [-0.25, -0.2) is 14.4 Å². The highest BCUT2D eigenvalue weighted by atomic mass is 19.1. The molecule has 6 heteroatoms.